The number of aromatic nitrogens is 4. The molecule has 1 N–H and O–H groups in total. The van der Waals surface area contributed by atoms with Crippen LogP contribution in [0.2, 0.25) is 0 Å². The minimum absolute atomic E-state index is 0.926. The Morgan fingerprint density at radius 3 is 2.45 bits per heavy atom. The van der Waals surface area contributed by atoms with Gasteiger partial charge < -0.3 is 0 Å². The van der Waals surface area contributed by atoms with Crippen LogP contribution in [0.4, 0.5) is 0 Å². The largest absolute Gasteiger partial charge is 0.280 e. The zero-order valence-electron chi connectivity index (χ0n) is 11.0. The molecule has 0 saturated carbocycles. The lowest BCUT2D eigenvalue weighted by Crippen LogP contribution is -1.89. The molecule has 0 spiro atoms. The molecule has 20 heavy (non-hydrogen) atoms. The molecular weight excluding hydrogens is 248 g/mol. The van der Waals surface area contributed by atoms with Gasteiger partial charge >= 0.3 is 0 Å². The van der Waals surface area contributed by atoms with E-state index in [4.69, 9.17) is 4.98 Å². The third kappa shape index (κ3) is 1.51. The van der Waals surface area contributed by atoms with E-state index < -0.39 is 0 Å². The van der Waals surface area contributed by atoms with Crippen LogP contribution in [-0.2, 0) is 0 Å². The van der Waals surface area contributed by atoms with Crippen molar-refractivity contribution in [3.8, 4) is 11.3 Å². The second kappa shape index (κ2) is 4.13. The molecule has 1 aromatic carbocycles. The maximum Gasteiger partial charge on any atom is 0.119 e. The van der Waals surface area contributed by atoms with E-state index >= 15 is 0 Å². The van der Waals surface area contributed by atoms with Gasteiger partial charge in [-0.3, -0.25) is 10.1 Å². The van der Waals surface area contributed by atoms with Crippen molar-refractivity contribution in [3.05, 3.63) is 54.5 Å². The van der Waals surface area contributed by atoms with Crippen LogP contribution in [0.15, 0.2) is 48.8 Å². The first-order valence-electron chi connectivity index (χ1n) is 6.48. The van der Waals surface area contributed by atoms with Gasteiger partial charge in [0.2, 0.25) is 0 Å². The quantitative estimate of drug-likeness (QED) is 0.570. The fraction of sp³-hybridized carbons (Fsp3) is 0.0625. The van der Waals surface area contributed by atoms with Gasteiger partial charge in [0, 0.05) is 28.7 Å². The molecule has 0 saturated heterocycles. The van der Waals surface area contributed by atoms with Gasteiger partial charge in [-0.25, -0.2) is 4.98 Å². The van der Waals surface area contributed by atoms with E-state index in [9.17, 15) is 0 Å². The van der Waals surface area contributed by atoms with Crippen molar-refractivity contribution in [2.75, 3.05) is 0 Å². The number of nitrogens with zero attached hydrogens (tertiary/aromatic N) is 3. The van der Waals surface area contributed by atoms with Gasteiger partial charge in [0.25, 0.3) is 0 Å². The van der Waals surface area contributed by atoms with Crippen molar-refractivity contribution >= 4 is 21.8 Å². The number of hydrogen-bond donors (Lipinski definition) is 1. The third-order valence-electron chi connectivity index (χ3n) is 3.53. The second-order valence-electron chi connectivity index (χ2n) is 4.79. The number of hydrogen-bond acceptors (Lipinski definition) is 3. The summed E-state index contributed by atoms with van der Waals surface area (Å²) in [6.45, 7) is 1.99. The number of aryl methyl sites for hydroxylation is 1. The molecule has 0 fully saturated rings. The lowest BCUT2D eigenvalue weighted by Gasteiger charge is -2.06. The summed E-state index contributed by atoms with van der Waals surface area (Å²) in [5.41, 5.74) is 4.88. The molecule has 0 aliphatic heterocycles. The number of aromatic amines is 1. The molecule has 4 nitrogen and oxygen atoms in total. The van der Waals surface area contributed by atoms with E-state index in [1.165, 1.54) is 0 Å². The van der Waals surface area contributed by atoms with Crippen LogP contribution in [0.3, 0.4) is 0 Å². The number of pyridine rings is 2. The number of fused-ring (bicyclic) bond motifs is 3. The molecule has 0 radical (unpaired) electrons. The topological polar surface area (TPSA) is 54.5 Å². The molecule has 0 aliphatic rings. The van der Waals surface area contributed by atoms with E-state index in [-0.39, 0.29) is 0 Å². The van der Waals surface area contributed by atoms with Crippen molar-refractivity contribution in [3.63, 3.8) is 0 Å². The molecule has 4 heteroatoms. The van der Waals surface area contributed by atoms with E-state index in [0.717, 1.165) is 38.8 Å². The highest BCUT2D eigenvalue weighted by Gasteiger charge is 2.13. The van der Waals surface area contributed by atoms with Crippen molar-refractivity contribution in [1.82, 2.24) is 20.2 Å². The molecule has 0 atom stereocenters. The van der Waals surface area contributed by atoms with Gasteiger partial charge in [-0.1, -0.05) is 24.3 Å². The standard InChI is InChI=1S/C16H12N4/c1-10-14-16(20-19-10)13-5-3-2-4-12(13)15(18-14)11-6-8-17-9-7-11/h2-9H,1H3,(H,19,20). The maximum atomic E-state index is 4.81. The molecular formula is C16H12N4. The highest BCUT2D eigenvalue weighted by molar-refractivity contribution is 6.09. The first kappa shape index (κ1) is 11.1. The molecule has 4 rings (SSSR count). The van der Waals surface area contributed by atoms with Crippen LogP contribution in [0.5, 0.6) is 0 Å². The van der Waals surface area contributed by atoms with Gasteiger partial charge in [-0.05, 0) is 19.1 Å². The van der Waals surface area contributed by atoms with Crippen LogP contribution in [0.1, 0.15) is 5.69 Å². The zero-order valence-corrected chi connectivity index (χ0v) is 11.0. The Morgan fingerprint density at radius 2 is 1.65 bits per heavy atom. The smallest absolute Gasteiger partial charge is 0.119 e. The lowest BCUT2D eigenvalue weighted by molar-refractivity contribution is 1.07. The van der Waals surface area contributed by atoms with E-state index in [1.54, 1.807) is 12.4 Å². The Bertz CT molecular complexity index is 910. The number of H-pyrrole nitrogens is 1. The Labute approximate surface area is 115 Å². The molecule has 3 aromatic heterocycles. The highest BCUT2D eigenvalue weighted by Crippen LogP contribution is 2.31. The monoisotopic (exact) mass is 260 g/mol. The van der Waals surface area contributed by atoms with E-state index in [0.29, 0.717) is 0 Å². The zero-order chi connectivity index (χ0) is 13.5. The van der Waals surface area contributed by atoms with E-state index in [2.05, 4.69) is 27.3 Å². The van der Waals surface area contributed by atoms with Gasteiger partial charge in [0.1, 0.15) is 11.0 Å². The summed E-state index contributed by atoms with van der Waals surface area (Å²) in [6, 6.07) is 12.2. The van der Waals surface area contributed by atoms with Crippen molar-refractivity contribution in [2.24, 2.45) is 0 Å². The SMILES string of the molecule is Cc1[nH]nc2c1nc(-c1ccncc1)c1ccccc12. The van der Waals surface area contributed by atoms with Crippen LogP contribution in [0, 0.1) is 6.92 Å². The Hall–Kier alpha value is -2.75. The van der Waals surface area contributed by atoms with Gasteiger partial charge in [0.15, 0.2) is 0 Å². The maximum absolute atomic E-state index is 4.81. The van der Waals surface area contributed by atoms with Crippen LogP contribution < -0.4 is 0 Å². The number of rotatable bonds is 1. The van der Waals surface area contributed by atoms with Crippen LogP contribution >= 0.6 is 0 Å². The fourth-order valence-corrected chi connectivity index (χ4v) is 2.55. The van der Waals surface area contributed by atoms with Crippen molar-refractivity contribution < 1.29 is 0 Å². The minimum Gasteiger partial charge on any atom is -0.280 e. The summed E-state index contributed by atoms with van der Waals surface area (Å²) in [7, 11) is 0. The van der Waals surface area contributed by atoms with Crippen molar-refractivity contribution in [1.29, 1.82) is 0 Å². The number of nitrogens with one attached hydrogen (secondary N) is 1. The Balaban J connectivity index is 2.20. The summed E-state index contributed by atoms with van der Waals surface area (Å²) in [4.78, 5) is 8.89. The van der Waals surface area contributed by atoms with E-state index in [1.807, 2.05) is 31.2 Å². The Kier molecular flexibility index (Phi) is 2.29. The van der Waals surface area contributed by atoms with Gasteiger partial charge in [-0.2, -0.15) is 5.10 Å². The molecule has 0 amide bonds. The summed E-state index contributed by atoms with van der Waals surface area (Å²) >= 11 is 0. The molecule has 0 bridgehead atoms. The second-order valence-corrected chi connectivity index (χ2v) is 4.79. The highest BCUT2D eigenvalue weighted by atomic mass is 15.1. The predicted molar refractivity (Wildman–Crippen MR) is 79.4 cm³/mol. The van der Waals surface area contributed by atoms with Crippen LogP contribution in [-0.4, -0.2) is 20.2 Å². The average molecular weight is 260 g/mol. The van der Waals surface area contributed by atoms with Crippen molar-refractivity contribution in [2.45, 2.75) is 6.92 Å². The average Bonchev–Trinajstić information content (AvgIpc) is 2.89. The molecule has 3 heterocycles. The third-order valence-corrected chi connectivity index (χ3v) is 3.53. The molecule has 0 unspecified atom stereocenters. The first-order chi connectivity index (χ1) is 9.84. The summed E-state index contributed by atoms with van der Waals surface area (Å²) in [6.07, 6.45) is 3.58. The Morgan fingerprint density at radius 1 is 0.900 bits per heavy atom. The fourth-order valence-electron chi connectivity index (χ4n) is 2.55. The molecule has 4 aromatic rings. The summed E-state index contributed by atoms with van der Waals surface area (Å²) in [5.74, 6) is 0. The molecule has 96 valence electrons. The predicted octanol–water partition coefficient (Wildman–Crippen LogP) is 3.48. The lowest BCUT2D eigenvalue weighted by atomic mass is 10.0. The first-order valence-corrected chi connectivity index (χ1v) is 6.48. The molecule has 0 aliphatic carbocycles. The number of benzene rings is 1. The van der Waals surface area contributed by atoms with Crippen LogP contribution in [0.25, 0.3) is 33.1 Å². The summed E-state index contributed by atoms with van der Waals surface area (Å²) in [5, 5.41) is 9.63. The minimum atomic E-state index is 0.926. The summed E-state index contributed by atoms with van der Waals surface area (Å²) < 4.78 is 0. The normalized spacial score (nSPS) is 11.2. The van der Waals surface area contributed by atoms with Gasteiger partial charge in [0.05, 0.1) is 11.4 Å². The van der Waals surface area contributed by atoms with Gasteiger partial charge in [-0.15, -0.1) is 0 Å².